The van der Waals surface area contributed by atoms with Crippen molar-refractivity contribution in [1.29, 1.82) is 0 Å². The van der Waals surface area contributed by atoms with E-state index in [0.717, 1.165) is 11.3 Å². The van der Waals surface area contributed by atoms with Gasteiger partial charge in [0.2, 0.25) is 0 Å². The Morgan fingerprint density at radius 3 is 2.60 bits per heavy atom. The van der Waals surface area contributed by atoms with Gasteiger partial charge in [0.25, 0.3) is 0 Å². The van der Waals surface area contributed by atoms with Crippen LogP contribution < -0.4 is 18.3 Å². The fraction of sp³-hybridized carbons (Fsp3) is 0. The van der Waals surface area contributed by atoms with Crippen LogP contribution in [0.1, 0.15) is 0 Å². The lowest BCUT2D eigenvalue weighted by molar-refractivity contribution is -1.91. The highest BCUT2D eigenvalue weighted by atomic mass is 35.7. The molecule has 8 heteroatoms. The van der Waals surface area contributed by atoms with Crippen molar-refractivity contribution >= 4 is 11.3 Å². The van der Waals surface area contributed by atoms with Crippen molar-refractivity contribution in [3.05, 3.63) is 5.51 Å². The molecule has 6 nitrogen and oxygen atoms in total. The molecule has 0 amide bonds. The van der Waals surface area contributed by atoms with Crippen molar-refractivity contribution in [1.82, 2.24) is 10.2 Å². The zero-order chi connectivity index (χ0) is 7.61. The Morgan fingerprint density at radius 2 is 2.20 bits per heavy atom. The molecule has 0 aliphatic heterocycles. The van der Waals surface area contributed by atoms with Crippen LogP contribution in [0.5, 0.6) is 5.19 Å². The Labute approximate surface area is 61.4 Å². The summed E-state index contributed by atoms with van der Waals surface area (Å²) >= 11 is 0.819. The van der Waals surface area contributed by atoms with Crippen molar-refractivity contribution in [3.63, 3.8) is 0 Å². The van der Waals surface area contributed by atoms with Crippen LogP contribution in [-0.2, 0) is 0 Å². The van der Waals surface area contributed by atoms with Crippen LogP contribution >= 0.6 is 11.3 Å². The van der Waals surface area contributed by atoms with Crippen molar-refractivity contribution in [2.75, 3.05) is 0 Å². The summed E-state index contributed by atoms with van der Waals surface area (Å²) in [5.41, 5.74) is 1.25. The maximum atomic E-state index is 9.83. The standard InChI is InChI=1S/C2HClN2O4S/c6-3(7,8)9-2-5-4-1-10-2/h1H. The second-order valence-electron chi connectivity index (χ2n) is 1.16. The zero-order valence-corrected chi connectivity index (χ0v) is 5.96. The summed E-state index contributed by atoms with van der Waals surface area (Å²) in [7, 11) is -4.43. The van der Waals surface area contributed by atoms with Gasteiger partial charge < -0.3 is 0 Å². The van der Waals surface area contributed by atoms with E-state index in [1.54, 1.807) is 0 Å². The molecule has 0 saturated carbocycles. The fourth-order valence-corrected chi connectivity index (χ4v) is 1.13. The molecule has 1 aromatic rings. The van der Waals surface area contributed by atoms with E-state index in [1.165, 1.54) is 5.51 Å². The molecule has 1 heterocycles. The Kier molecular flexibility index (Phi) is 2.02. The average molecular weight is 185 g/mol. The number of aromatic nitrogens is 2. The lowest BCUT2D eigenvalue weighted by Crippen LogP contribution is -2.63. The largest absolute Gasteiger partial charge is 0.457 e. The summed E-state index contributed by atoms with van der Waals surface area (Å²) in [6.45, 7) is 0. The van der Waals surface area contributed by atoms with E-state index in [-0.39, 0.29) is 5.19 Å². The van der Waals surface area contributed by atoms with Crippen LogP contribution in [0.25, 0.3) is 0 Å². The molecule has 0 radical (unpaired) electrons. The number of nitrogens with zero attached hydrogens (tertiary/aromatic N) is 2. The van der Waals surface area contributed by atoms with Gasteiger partial charge in [-0.15, -0.1) is 5.10 Å². The first-order chi connectivity index (χ1) is 4.58. The molecule has 10 heavy (non-hydrogen) atoms. The second-order valence-corrected chi connectivity index (χ2v) is 2.87. The molecule has 0 spiro atoms. The molecule has 0 saturated heterocycles. The van der Waals surface area contributed by atoms with Gasteiger partial charge in [0, 0.05) is 0 Å². The summed E-state index contributed by atoms with van der Waals surface area (Å²) in [6.07, 6.45) is 0. The molecular weight excluding hydrogens is 184 g/mol. The Bertz CT molecular complexity index is 196. The highest BCUT2D eigenvalue weighted by Crippen LogP contribution is 2.13. The monoisotopic (exact) mass is 184 g/mol. The van der Waals surface area contributed by atoms with Crippen molar-refractivity contribution in [2.24, 2.45) is 0 Å². The zero-order valence-electron chi connectivity index (χ0n) is 4.39. The van der Waals surface area contributed by atoms with Crippen LogP contribution in [0.3, 0.4) is 0 Å². The van der Waals surface area contributed by atoms with E-state index >= 15 is 0 Å². The summed E-state index contributed by atoms with van der Waals surface area (Å²) in [4.78, 5) is 0. The van der Waals surface area contributed by atoms with Gasteiger partial charge in [0.05, 0.1) is 0 Å². The normalized spacial score (nSPS) is 11.5. The first kappa shape index (κ1) is 7.63. The smallest absolute Gasteiger partial charge is 0.166 e. The third-order valence-electron chi connectivity index (χ3n) is 0.501. The third kappa shape index (κ3) is 2.42. The van der Waals surface area contributed by atoms with Gasteiger partial charge in [-0.2, -0.15) is 14.0 Å². The van der Waals surface area contributed by atoms with Crippen LogP contribution in [0, 0.1) is 10.2 Å². The van der Waals surface area contributed by atoms with E-state index < -0.39 is 10.2 Å². The summed E-state index contributed by atoms with van der Waals surface area (Å²) in [5.74, 6) is 0. The molecule has 1 aromatic heterocycles. The quantitative estimate of drug-likeness (QED) is 0.480. The number of halogens is 1. The number of hydrogen-bond donors (Lipinski definition) is 0. The predicted molar refractivity (Wildman–Crippen MR) is 20.5 cm³/mol. The van der Waals surface area contributed by atoms with Crippen LogP contribution in [0.4, 0.5) is 0 Å². The molecule has 0 atom stereocenters. The summed E-state index contributed by atoms with van der Waals surface area (Å²) in [6, 6.07) is 0. The molecule has 0 fully saturated rings. The van der Waals surface area contributed by atoms with Gasteiger partial charge in [-0.1, -0.05) is 5.10 Å². The lowest BCUT2D eigenvalue weighted by atomic mass is 11.5. The molecule has 0 bridgehead atoms. The van der Waals surface area contributed by atoms with E-state index in [4.69, 9.17) is 0 Å². The van der Waals surface area contributed by atoms with E-state index in [9.17, 15) is 14.0 Å². The topological polar surface area (TPSA) is 104 Å². The van der Waals surface area contributed by atoms with Crippen LogP contribution in [-0.4, -0.2) is 10.2 Å². The highest BCUT2D eigenvalue weighted by Gasteiger charge is 2.21. The van der Waals surface area contributed by atoms with Crippen LogP contribution in [0.15, 0.2) is 5.51 Å². The highest BCUT2D eigenvalue weighted by molar-refractivity contribution is 7.11. The van der Waals surface area contributed by atoms with Gasteiger partial charge >= 0.3 is 5.19 Å². The predicted octanol–water partition coefficient (Wildman–Crippen LogP) is -3.19. The molecule has 56 valence electrons. The van der Waals surface area contributed by atoms with Crippen LogP contribution in [0.2, 0.25) is 0 Å². The molecular formula is C2HClN2O4S. The maximum absolute atomic E-state index is 9.83. The Hall–Kier alpha value is -0.470. The van der Waals surface area contributed by atoms with Gasteiger partial charge in [-0.3, -0.25) is 0 Å². The van der Waals surface area contributed by atoms with E-state index in [2.05, 4.69) is 14.5 Å². The first-order valence-corrected chi connectivity index (χ1v) is 4.06. The van der Waals surface area contributed by atoms with Gasteiger partial charge in [-0.25, -0.2) is 0 Å². The van der Waals surface area contributed by atoms with Gasteiger partial charge in [0.1, 0.15) is 15.8 Å². The van der Waals surface area contributed by atoms with Crippen molar-refractivity contribution in [3.8, 4) is 5.19 Å². The van der Waals surface area contributed by atoms with Crippen molar-refractivity contribution in [2.45, 2.75) is 0 Å². The fourth-order valence-electron chi connectivity index (χ4n) is 0.277. The number of hydrogen-bond acceptors (Lipinski definition) is 7. The molecule has 0 aromatic carbocycles. The molecule has 0 aliphatic carbocycles. The summed E-state index contributed by atoms with van der Waals surface area (Å²) in [5, 5.41) is 6.12. The minimum atomic E-state index is -4.43. The van der Waals surface area contributed by atoms with Gasteiger partial charge in [-0.05, 0) is 15.6 Å². The average Bonchev–Trinajstić information content (AvgIpc) is 2.12. The van der Waals surface area contributed by atoms with Gasteiger partial charge in [0.15, 0.2) is 0 Å². The minimum Gasteiger partial charge on any atom is -0.166 e. The molecule has 0 N–H and O–H groups in total. The second kappa shape index (κ2) is 2.64. The van der Waals surface area contributed by atoms with Crippen molar-refractivity contribution < 1.29 is 28.5 Å². The SMILES string of the molecule is [O-][Cl+3]([O-])([O-])Oc1nncs1. The summed E-state index contributed by atoms with van der Waals surface area (Å²) < 4.78 is 33.3. The van der Waals surface area contributed by atoms with E-state index in [1.807, 2.05) is 0 Å². The first-order valence-electron chi connectivity index (χ1n) is 1.94. The van der Waals surface area contributed by atoms with E-state index in [0.29, 0.717) is 0 Å². The molecule has 0 aliphatic rings. The third-order valence-corrected chi connectivity index (χ3v) is 1.49. The molecule has 0 unspecified atom stereocenters. The Balaban J connectivity index is 2.57. The maximum Gasteiger partial charge on any atom is 0.457 e. The molecule has 1 rings (SSSR count). The Morgan fingerprint density at radius 1 is 1.50 bits per heavy atom. The number of rotatable bonds is 2. The lowest BCUT2D eigenvalue weighted by Gasteiger charge is -2.08. The minimum absolute atomic E-state index is 0.281.